The number of halogens is 2. The van der Waals surface area contributed by atoms with Gasteiger partial charge in [-0.1, -0.05) is 27.3 Å². The van der Waals surface area contributed by atoms with Gasteiger partial charge in [-0.2, -0.15) is 5.26 Å². The number of nitrogens with one attached hydrogen (secondary N) is 1. The van der Waals surface area contributed by atoms with Crippen LogP contribution in [0.4, 0.5) is 10.8 Å². The molecule has 16 heavy (non-hydrogen) atoms. The van der Waals surface area contributed by atoms with Gasteiger partial charge in [0, 0.05) is 4.47 Å². The van der Waals surface area contributed by atoms with Crippen molar-refractivity contribution >= 4 is 54.0 Å². The summed E-state index contributed by atoms with van der Waals surface area (Å²) < 4.78 is 1.60. The van der Waals surface area contributed by atoms with Gasteiger partial charge in [0.1, 0.15) is 6.07 Å². The van der Waals surface area contributed by atoms with E-state index in [-0.39, 0.29) is 0 Å². The Labute approximate surface area is 113 Å². The van der Waals surface area contributed by atoms with Crippen LogP contribution in [0.3, 0.4) is 0 Å². The standard InChI is InChI=1S/C9H4Br2N4S/c10-6-2-1-5(4-12)7(3-6)13-9-15-14-8(11)16-9/h1-3H,(H,13,15). The molecule has 2 aromatic rings. The van der Waals surface area contributed by atoms with Gasteiger partial charge < -0.3 is 5.32 Å². The lowest BCUT2D eigenvalue weighted by Gasteiger charge is -2.04. The van der Waals surface area contributed by atoms with Gasteiger partial charge in [-0.25, -0.2) is 0 Å². The topological polar surface area (TPSA) is 61.6 Å². The zero-order valence-corrected chi connectivity index (χ0v) is 11.7. The molecule has 0 unspecified atom stereocenters. The Morgan fingerprint density at radius 3 is 2.75 bits per heavy atom. The Morgan fingerprint density at radius 1 is 1.31 bits per heavy atom. The molecule has 0 aliphatic rings. The molecule has 1 heterocycles. The minimum atomic E-state index is 0.564. The molecule has 0 saturated carbocycles. The first kappa shape index (κ1) is 11.5. The van der Waals surface area contributed by atoms with Gasteiger partial charge in [-0.3, -0.25) is 0 Å². The van der Waals surface area contributed by atoms with E-state index in [0.29, 0.717) is 20.3 Å². The molecule has 2 rings (SSSR count). The molecule has 80 valence electrons. The zero-order valence-electron chi connectivity index (χ0n) is 7.74. The summed E-state index contributed by atoms with van der Waals surface area (Å²) in [6.07, 6.45) is 0. The molecule has 0 fully saturated rings. The zero-order chi connectivity index (χ0) is 11.5. The average molecular weight is 360 g/mol. The number of aromatic nitrogens is 2. The summed E-state index contributed by atoms with van der Waals surface area (Å²) in [5.41, 5.74) is 1.27. The van der Waals surface area contributed by atoms with Crippen molar-refractivity contribution in [2.24, 2.45) is 0 Å². The van der Waals surface area contributed by atoms with E-state index in [1.807, 2.05) is 12.1 Å². The van der Waals surface area contributed by atoms with Crippen LogP contribution >= 0.6 is 43.2 Å². The third kappa shape index (κ3) is 2.58. The molecule has 0 bridgehead atoms. The summed E-state index contributed by atoms with van der Waals surface area (Å²) in [5, 5.41) is 20.4. The smallest absolute Gasteiger partial charge is 0.210 e. The van der Waals surface area contributed by atoms with Gasteiger partial charge in [0.2, 0.25) is 5.13 Å². The highest BCUT2D eigenvalue weighted by atomic mass is 79.9. The lowest BCUT2D eigenvalue weighted by molar-refractivity contribution is 1.07. The van der Waals surface area contributed by atoms with E-state index >= 15 is 0 Å². The van der Waals surface area contributed by atoms with E-state index in [2.05, 4.69) is 53.4 Å². The van der Waals surface area contributed by atoms with Gasteiger partial charge in [0.05, 0.1) is 11.3 Å². The van der Waals surface area contributed by atoms with Crippen LogP contribution in [-0.2, 0) is 0 Å². The van der Waals surface area contributed by atoms with Gasteiger partial charge >= 0.3 is 0 Å². The van der Waals surface area contributed by atoms with Crippen molar-refractivity contribution in [3.05, 3.63) is 32.2 Å². The maximum absolute atomic E-state index is 8.95. The Bertz CT molecular complexity index is 561. The fourth-order valence-corrected chi connectivity index (χ4v) is 2.47. The number of hydrogen-bond donors (Lipinski definition) is 1. The van der Waals surface area contributed by atoms with Gasteiger partial charge in [-0.05, 0) is 34.1 Å². The van der Waals surface area contributed by atoms with Crippen molar-refractivity contribution in [1.29, 1.82) is 5.26 Å². The van der Waals surface area contributed by atoms with Crippen molar-refractivity contribution in [3.8, 4) is 6.07 Å². The first-order valence-electron chi connectivity index (χ1n) is 4.15. The van der Waals surface area contributed by atoms with Crippen molar-refractivity contribution in [3.63, 3.8) is 0 Å². The van der Waals surface area contributed by atoms with Crippen LogP contribution in [-0.4, -0.2) is 10.2 Å². The maximum atomic E-state index is 8.95. The Hall–Kier alpha value is -0.970. The molecule has 0 spiro atoms. The second-order valence-corrected chi connectivity index (χ2v) is 5.96. The first-order chi connectivity index (χ1) is 7.69. The summed E-state index contributed by atoms with van der Waals surface area (Å²) >= 11 is 7.95. The highest BCUT2D eigenvalue weighted by Crippen LogP contribution is 2.27. The highest BCUT2D eigenvalue weighted by Gasteiger charge is 2.06. The average Bonchev–Trinajstić information content (AvgIpc) is 2.64. The molecule has 7 heteroatoms. The number of nitriles is 1. The molecule has 4 nitrogen and oxygen atoms in total. The molecule has 0 aliphatic heterocycles. The number of hydrogen-bond acceptors (Lipinski definition) is 5. The predicted molar refractivity (Wildman–Crippen MR) is 69.7 cm³/mol. The Balaban J connectivity index is 2.34. The molecule has 1 aromatic heterocycles. The van der Waals surface area contributed by atoms with Gasteiger partial charge in [0.25, 0.3) is 0 Å². The largest absolute Gasteiger partial charge is 0.329 e. The lowest BCUT2D eigenvalue weighted by atomic mass is 10.2. The van der Waals surface area contributed by atoms with Crippen LogP contribution in [0.5, 0.6) is 0 Å². The third-order valence-electron chi connectivity index (χ3n) is 1.74. The monoisotopic (exact) mass is 358 g/mol. The van der Waals surface area contributed by atoms with E-state index < -0.39 is 0 Å². The second-order valence-electron chi connectivity index (χ2n) is 2.79. The van der Waals surface area contributed by atoms with Crippen LogP contribution in [0.25, 0.3) is 0 Å². The summed E-state index contributed by atoms with van der Waals surface area (Å²) in [5.74, 6) is 0. The van der Waals surface area contributed by atoms with Crippen molar-refractivity contribution < 1.29 is 0 Å². The molecule has 1 N–H and O–H groups in total. The second kappa shape index (κ2) is 4.91. The molecule has 0 atom stereocenters. The summed E-state index contributed by atoms with van der Waals surface area (Å²) in [6.45, 7) is 0. The van der Waals surface area contributed by atoms with Crippen LogP contribution in [0.15, 0.2) is 26.6 Å². The minimum Gasteiger partial charge on any atom is -0.329 e. The molecular weight excluding hydrogens is 356 g/mol. The van der Waals surface area contributed by atoms with Gasteiger partial charge in [-0.15, -0.1) is 10.2 Å². The van der Waals surface area contributed by atoms with Crippen molar-refractivity contribution in [2.45, 2.75) is 0 Å². The normalized spacial score (nSPS) is 9.81. The van der Waals surface area contributed by atoms with Crippen LogP contribution < -0.4 is 5.32 Å². The van der Waals surface area contributed by atoms with Crippen molar-refractivity contribution in [2.75, 3.05) is 5.32 Å². The molecule has 0 aliphatic carbocycles. The van der Waals surface area contributed by atoms with E-state index in [1.165, 1.54) is 11.3 Å². The fraction of sp³-hybridized carbons (Fsp3) is 0. The molecule has 0 saturated heterocycles. The van der Waals surface area contributed by atoms with Gasteiger partial charge in [0.15, 0.2) is 3.92 Å². The summed E-state index contributed by atoms with van der Waals surface area (Å²) in [4.78, 5) is 0. The number of benzene rings is 1. The SMILES string of the molecule is N#Cc1ccc(Br)cc1Nc1nnc(Br)s1. The molecule has 1 aromatic carbocycles. The molecular formula is C9H4Br2N4S. The maximum Gasteiger partial charge on any atom is 0.210 e. The predicted octanol–water partition coefficient (Wildman–Crippen LogP) is 3.68. The third-order valence-corrected chi connectivity index (χ3v) is 3.51. The van der Waals surface area contributed by atoms with Crippen LogP contribution in [0.1, 0.15) is 5.56 Å². The van der Waals surface area contributed by atoms with Crippen LogP contribution in [0, 0.1) is 11.3 Å². The minimum absolute atomic E-state index is 0.564. The number of nitrogens with zero attached hydrogens (tertiary/aromatic N) is 3. The Kier molecular flexibility index (Phi) is 3.53. The van der Waals surface area contributed by atoms with Crippen LogP contribution in [0.2, 0.25) is 0 Å². The Morgan fingerprint density at radius 2 is 2.12 bits per heavy atom. The lowest BCUT2D eigenvalue weighted by Crippen LogP contribution is -1.93. The number of anilines is 2. The summed E-state index contributed by atoms with van der Waals surface area (Å²) in [7, 11) is 0. The molecule has 0 amide bonds. The summed E-state index contributed by atoms with van der Waals surface area (Å²) in [6, 6.07) is 7.50. The fourth-order valence-electron chi connectivity index (χ4n) is 1.09. The van der Waals surface area contributed by atoms with Crippen molar-refractivity contribution in [1.82, 2.24) is 10.2 Å². The molecule has 0 radical (unpaired) electrons. The quantitative estimate of drug-likeness (QED) is 0.888. The van der Waals surface area contributed by atoms with E-state index in [4.69, 9.17) is 5.26 Å². The highest BCUT2D eigenvalue weighted by molar-refractivity contribution is 9.11. The number of rotatable bonds is 2. The van der Waals surface area contributed by atoms with E-state index in [0.717, 1.165) is 4.47 Å². The first-order valence-corrected chi connectivity index (χ1v) is 6.55. The van der Waals surface area contributed by atoms with E-state index in [1.54, 1.807) is 6.07 Å². The van der Waals surface area contributed by atoms with E-state index in [9.17, 15) is 0 Å².